The summed E-state index contributed by atoms with van der Waals surface area (Å²) in [6, 6.07) is 0. The first-order valence-electron chi connectivity index (χ1n) is 23.0. The van der Waals surface area contributed by atoms with Crippen LogP contribution in [0.25, 0.3) is 22.3 Å². The first kappa shape index (κ1) is 60.1. The van der Waals surface area contributed by atoms with Crippen molar-refractivity contribution in [2.45, 2.75) is 129 Å². The van der Waals surface area contributed by atoms with E-state index in [1.807, 2.05) is 0 Å². The van der Waals surface area contributed by atoms with Gasteiger partial charge in [-0.25, -0.2) is 9.97 Å². The van der Waals surface area contributed by atoms with Gasteiger partial charge in [-0.05, 0) is 47.0 Å². The average molecular weight is 1140 g/mol. The highest BCUT2D eigenvalue weighted by Crippen LogP contribution is 2.51. The summed E-state index contributed by atoms with van der Waals surface area (Å²) in [5, 5.41) is 23.0. The molecule has 1 amide bonds. The van der Waals surface area contributed by atoms with Gasteiger partial charge in [-0.1, -0.05) is 20.8 Å². The van der Waals surface area contributed by atoms with Gasteiger partial charge in [0.2, 0.25) is 5.91 Å². The number of carbonyl (C=O) groups is 1. The quantitative estimate of drug-likeness (QED) is 0.0292. The Hall–Kier alpha value is -4.09. The molecule has 5 N–H and O–H groups in total. The van der Waals surface area contributed by atoms with Gasteiger partial charge in [0.15, 0.2) is 84.1 Å². The molecule has 28 nitrogen and oxygen atoms in total. The van der Waals surface area contributed by atoms with Gasteiger partial charge in [-0.3, -0.25) is 27.2 Å². The molecule has 7 rings (SSSR count). The second kappa shape index (κ2) is 24.7. The summed E-state index contributed by atoms with van der Waals surface area (Å²) in [4.78, 5) is 34.9. The molecule has 0 saturated carbocycles. The van der Waals surface area contributed by atoms with Crippen LogP contribution < -0.4 is 11.1 Å². The molecule has 0 spiro atoms. The Labute approximate surface area is 424 Å². The molecule has 4 aromatic heterocycles. The highest BCUT2D eigenvalue weighted by Gasteiger charge is 2.57. The van der Waals surface area contributed by atoms with Gasteiger partial charge in [-0.2, -0.15) is 50.3 Å². The van der Waals surface area contributed by atoms with Crippen molar-refractivity contribution in [3.8, 4) is 0 Å². The smallest absolute Gasteiger partial charge is 0.385 e. The van der Waals surface area contributed by atoms with Crippen LogP contribution >= 0.6 is 15.2 Å². The molecule has 0 aliphatic carbocycles. The summed E-state index contributed by atoms with van der Waals surface area (Å²) in [7, 11) is -13.8. The third-order valence-corrected chi connectivity index (χ3v) is 15.3. The molecule has 0 aromatic carbocycles. The van der Waals surface area contributed by atoms with Gasteiger partial charge in [0.25, 0.3) is 0 Å². The highest BCUT2D eigenvalue weighted by atomic mass is 32.2. The number of ether oxygens (including phenoxy) is 6. The van der Waals surface area contributed by atoms with E-state index in [-0.39, 0.29) is 67.8 Å². The minimum Gasteiger partial charge on any atom is -0.385 e. The normalized spacial score (nSPS) is 25.0. The van der Waals surface area contributed by atoms with Crippen molar-refractivity contribution >= 4 is 65.2 Å². The van der Waals surface area contributed by atoms with Crippen molar-refractivity contribution in [3.05, 3.63) is 24.8 Å². The Kier molecular flexibility index (Phi) is 19.8. The second-order valence-corrected chi connectivity index (χ2v) is 22.7. The van der Waals surface area contributed by atoms with Crippen molar-refractivity contribution in [2.24, 2.45) is 5.41 Å². The molecular weight excluding hydrogens is 1090 g/mol. The van der Waals surface area contributed by atoms with Crippen molar-refractivity contribution in [1.82, 2.24) is 39.0 Å². The zero-order valence-electron chi connectivity index (χ0n) is 41.2. The molecule has 3 saturated heterocycles. The van der Waals surface area contributed by atoms with Gasteiger partial charge in [0.1, 0.15) is 18.3 Å². The van der Waals surface area contributed by atoms with Crippen LogP contribution in [0.1, 0.15) is 80.2 Å². The van der Waals surface area contributed by atoms with Crippen LogP contribution in [-0.4, -0.2) is 158 Å². The molecular formula is C39H57F5N10O18P2S. The number of amides is 1. The van der Waals surface area contributed by atoms with E-state index in [0.29, 0.717) is 12.8 Å². The molecule has 3 aliphatic heterocycles. The zero-order chi connectivity index (χ0) is 55.3. The van der Waals surface area contributed by atoms with E-state index in [0.717, 1.165) is 10.9 Å². The van der Waals surface area contributed by atoms with Crippen molar-refractivity contribution in [1.29, 1.82) is 0 Å². The van der Waals surface area contributed by atoms with Crippen molar-refractivity contribution in [2.75, 3.05) is 56.8 Å². The summed E-state index contributed by atoms with van der Waals surface area (Å²) in [5.74, 6) is -1.14. The summed E-state index contributed by atoms with van der Waals surface area (Å²) in [6.45, 7) is 11.5. The van der Waals surface area contributed by atoms with Crippen LogP contribution in [0.5, 0.6) is 0 Å². The molecule has 0 bridgehead atoms. The summed E-state index contributed by atoms with van der Waals surface area (Å²) >= 11 is 0. The number of nitrogens with zero attached hydrogens (tertiary/aromatic N) is 8. The van der Waals surface area contributed by atoms with E-state index >= 15 is 0 Å². The third-order valence-electron chi connectivity index (χ3n) is 10.7. The Morgan fingerprint density at radius 3 is 1.84 bits per heavy atom. The van der Waals surface area contributed by atoms with Crippen LogP contribution in [0.15, 0.2) is 12.7 Å². The fourth-order valence-electron chi connectivity index (χ4n) is 7.30. The number of halogens is 5. The molecule has 7 heterocycles. The summed E-state index contributed by atoms with van der Waals surface area (Å²) < 4.78 is 181. The number of hydrogen-bond donors (Lipinski definition) is 4. The number of nitrogens with one attached hydrogen (secondary N) is 1. The Bertz CT molecular complexity index is 2790. The largest absolute Gasteiger partial charge is 0.523 e. The molecule has 0 radical (unpaired) electrons. The lowest BCUT2D eigenvalue weighted by Crippen LogP contribution is -2.44. The first-order valence-corrected chi connectivity index (χ1v) is 27.8. The minimum absolute atomic E-state index is 0.0313. The molecule has 9 atom stereocenters. The van der Waals surface area contributed by atoms with E-state index in [2.05, 4.69) is 35.2 Å². The van der Waals surface area contributed by atoms with Crippen LogP contribution in [-0.2, 0) is 74.7 Å². The van der Waals surface area contributed by atoms with E-state index in [4.69, 9.17) is 56.4 Å². The number of anilines is 2. The third kappa shape index (κ3) is 14.3. The van der Waals surface area contributed by atoms with Gasteiger partial charge in [-0.15, -0.1) is 0 Å². The minimum atomic E-state index is -6.32. The van der Waals surface area contributed by atoms with E-state index in [1.165, 1.54) is 24.7 Å². The Morgan fingerprint density at radius 1 is 0.787 bits per heavy atom. The Balaban J connectivity index is 0.000000277. The number of carbonyl (C=O) groups excluding carboxylic acids is 1. The monoisotopic (exact) mass is 1140 g/mol. The van der Waals surface area contributed by atoms with Crippen molar-refractivity contribution in [3.63, 3.8) is 0 Å². The SMILES string of the molecule is CCOP(=O)(CO[C@H]1O[C@@H](n2cnc3c(N)nc(F)nc32)[C@@H](O)[C@@H]1O)OCC.CCOP(=O)(CO[C@H]1O[C@@H](n2cnc3c(NC(=O)C(C)(C)C)nc(F)nc32)[C@H](OS(=O)(=O)C(F)(F)F)[C@@H]1OC1CCCCO1)OCC. The maximum absolute atomic E-state index is 14.7. The number of nitrogens with two attached hydrogens (primary N) is 1. The molecule has 36 heteroatoms. The maximum Gasteiger partial charge on any atom is 0.523 e. The van der Waals surface area contributed by atoms with Crippen LogP contribution in [0.3, 0.4) is 0 Å². The predicted molar refractivity (Wildman–Crippen MR) is 245 cm³/mol. The van der Waals surface area contributed by atoms with E-state index in [9.17, 15) is 54.5 Å². The number of imidazole rings is 2. The molecule has 422 valence electrons. The number of aliphatic hydroxyl groups is 2. The number of rotatable bonds is 21. The van der Waals surface area contributed by atoms with Crippen LogP contribution in [0.2, 0.25) is 0 Å². The fraction of sp³-hybridized carbons (Fsp3) is 0.718. The first-order chi connectivity index (χ1) is 35.2. The highest BCUT2D eigenvalue weighted by molar-refractivity contribution is 7.87. The zero-order valence-corrected chi connectivity index (χ0v) is 43.8. The van der Waals surface area contributed by atoms with Crippen molar-refractivity contribution < 1.29 is 105 Å². The molecule has 75 heavy (non-hydrogen) atoms. The van der Waals surface area contributed by atoms with E-state index in [1.54, 1.807) is 34.6 Å². The number of aliphatic hydroxyl groups excluding tert-OH is 2. The number of hydrogen-bond acceptors (Lipinski definition) is 25. The maximum atomic E-state index is 14.7. The lowest BCUT2D eigenvalue weighted by atomic mass is 9.96. The molecule has 1 unspecified atom stereocenters. The van der Waals surface area contributed by atoms with Crippen LogP contribution in [0.4, 0.5) is 33.6 Å². The lowest BCUT2D eigenvalue weighted by molar-refractivity contribution is -0.241. The molecule has 3 aliphatic rings. The fourth-order valence-corrected chi connectivity index (χ4v) is 10.6. The molecule has 3 fully saturated rings. The molecule has 4 aromatic rings. The standard InChI is InChI=1S/C25H36F4N5O11PS.C14H21FN5O7P/c1-6-41-46(36,42-7-2)13-40-21-17(43-14-10-8-9-11-39-14)16(45-47(37,38)25(27,28)29)20(44-21)34-12-30-15-18(31-22(35)24(3,4)5)32-23(26)33-19(15)34;1-3-25-28(23,26-4-2)6-24-13-9(22)8(21)12(27-13)20-5-17-7-10(16)18-14(15)19-11(7)20/h12,14,16-17,20-21H,6-11,13H2,1-5H3,(H,31,32,33,35);5,8-9,12-13,21-22H,3-4,6H2,1-2H3,(H2,16,18,19)/t14?,16-,17+,20-,21+;8-,9-,12+,13-/m10/s1. The number of fused-ring (bicyclic) bond motifs is 2. The average Bonchev–Trinajstić information content (AvgIpc) is 4.09. The number of aromatic nitrogens is 8. The number of nitrogen functional groups attached to an aromatic ring is 1. The summed E-state index contributed by atoms with van der Waals surface area (Å²) in [6.07, 6.45) is -14.3. The van der Waals surface area contributed by atoms with E-state index < -0.39 is 128 Å². The van der Waals surface area contributed by atoms with Gasteiger partial charge >= 0.3 is 43.0 Å². The summed E-state index contributed by atoms with van der Waals surface area (Å²) in [5.41, 5.74) is -1.79. The number of alkyl halides is 3. The van der Waals surface area contributed by atoms with Gasteiger partial charge in [0, 0.05) is 12.0 Å². The lowest BCUT2D eigenvalue weighted by Gasteiger charge is -2.30. The van der Waals surface area contributed by atoms with Crippen LogP contribution in [0, 0.1) is 17.6 Å². The van der Waals surface area contributed by atoms with Gasteiger partial charge in [0.05, 0.1) is 39.1 Å². The van der Waals surface area contributed by atoms with Gasteiger partial charge < -0.3 is 67.8 Å². The Morgan fingerprint density at radius 2 is 1.31 bits per heavy atom. The second-order valence-electron chi connectivity index (χ2n) is 17.2. The topological polar surface area (TPSA) is 353 Å². The predicted octanol–water partition coefficient (Wildman–Crippen LogP) is 4.56.